The Hall–Kier alpha value is -1.10. The molecule has 0 spiro atoms. The normalized spacial score (nSPS) is 22.3. The number of rotatable bonds is 5. The second-order valence-corrected chi connectivity index (χ2v) is 7.56. The first-order valence-corrected chi connectivity index (χ1v) is 9.56. The minimum absolute atomic E-state index is 0.0554. The van der Waals surface area contributed by atoms with Crippen LogP contribution in [-0.2, 0) is 4.79 Å². The highest BCUT2D eigenvalue weighted by Crippen LogP contribution is 2.28. The van der Waals surface area contributed by atoms with Crippen LogP contribution in [0.25, 0.3) is 0 Å². The van der Waals surface area contributed by atoms with Gasteiger partial charge < -0.3 is 9.64 Å². The smallest absolute Gasteiger partial charge is 0.228 e. The van der Waals surface area contributed by atoms with Crippen LogP contribution in [0, 0.1) is 5.92 Å². The van der Waals surface area contributed by atoms with Gasteiger partial charge in [-0.1, -0.05) is 32.1 Å². The van der Waals surface area contributed by atoms with Gasteiger partial charge in [0.1, 0.15) is 6.10 Å². The van der Waals surface area contributed by atoms with Gasteiger partial charge in [-0.15, -0.1) is 0 Å². The summed E-state index contributed by atoms with van der Waals surface area (Å²) < 4.78 is 6.79. The van der Waals surface area contributed by atoms with Gasteiger partial charge in [0.25, 0.3) is 0 Å². The summed E-state index contributed by atoms with van der Waals surface area (Å²) in [7, 11) is 0. The maximum atomic E-state index is 12.4. The summed E-state index contributed by atoms with van der Waals surface area (Å²) in [6.45, 7) is 1.49. The molecule has 1 saturated carbocycles. The molecule has 2 aliphatic rings. The van der Waals surface area contributed by atoms with Gasteiger partial charge in [-0.3, -0.25) is 4.79 Å². The van der Waals surface area contributed by atoms with Crippen molar-refractivity contribution in [1.82, 2.24) is 9.88 Å². The Morgan fingerprint density at radius 3 is 2.91 bits per heavy atom. The lowest BCUT2D eigenvalue weighted by Gasteiger charge is -2.22. The molecule has 1 aliphatic carbocycles. The molecule has 126 valence electrons. The van der Waals surface area contributed by atoms with Crippen LogP contribution in [0.4, 0.5) is 0 Å². The van der Waals surface area contributed by atoms with E-state index in [1.807, 2.05) is 17.0 Å². The van der Waals surface area contributed by atoms with Crippen LogP contribution < -0.4 is 4.74 Å². The fourth-order valence-corrected chi connectivity index (χ4v) is 3.98. The van der Waals surface area contributed by atoms with Crippen molar-refractivity contribution in [2.75, 3.05) is 13.1 Å². The van der Waals surface area contributed by atoms with Gasteiger partial charge in [0.2, 0.25) is 11.8 Å². The van der Waals surface area contributed by atoms with E-state index in [0.717, 1.165) is 29.8 Å². The molecule has 2 heterocycles. The number of hydrogen-bond acceptors (Lipinski definition) is 3. The predicted molar refractivity (Wildman–Crippen MR) is 93.4 cm³/mol. The molecule has 2 fully saturated rings. The molecule has 4 nitrogen and oxygen atoms in total. The first kappa shape index (κ1) is 16.7. The molecule has 1 atom stereocenters. The van der Waals surface area contributed by atoms with Crippen molar-refractivity contribution in [3.8, 4) is 5.88 Å². The van der Waals surface area contributed by atoms with Crippen molar-refractivity contribution in [3.05, 3.63) is 22.8 Å². The third-order valence-corrected chi connectivity index (χ3v) is 5.60. The lowest BCUT2D eigenvalue weighted by molar-refractivity contribution is -0.130. The zero-order chi connectivity index (χ0) is 16.1. The Kier molecular flexibility index (Phi) is 5.92. The lowest BCUT2D eigenvalue weighted by atomic mass is 9.86. The fraction of sp³-hybridized carbons (Fsp3) is 0.667. The minimum Gasteiger partial charge on any atom is -0.472 e. The highest BCUT2D eigenvalue weighted by Gasteiger charge is 2.28. The van der Waals surface area contributed by atoms with Crippen LogP contribution in [0.2, 0.25) is 0 Å². The molecular weight excluding hydrogens is 356 g/mol. The van der Waals surface area contributed by atoms with E-state index in [0.29, 0.717) is 24.8 Å². The van der Waals surface area contributed by atoms with E-state index < -0.39 is 0 Å². The van der Waals surface area contributed by atoms with Gasteiger partial charge in [0.05, 0.1) is 11.0 Å². The van der Waals surface area contributed by atoms with Gasteiger partial charge >= 0.3 is 0 Å². The Labute approximate surface area is 146 Å². The quantitative estimate of drug-likeness (QED) is 0.768. The van der Waals surface area contributed by atoms with Crippen LogP contribution >= 0.6 is 15.9 Å². The van der Waals surface area contributed by atoms with E-state index in [4.69, 9.17) is 4.74 Å². The summed E-state index contributed by atoms with van der Waals surface area (Å²) in [4.78, 5) is 18.6. The van der Waals surface area contributed by atoms with E-state index in [1.165, 1.54) is 32.1 Å². The standard InChI is InChI=1S/C18H25BrN2O2/c19-16-7-4-11-20-18(16)23-15-10-12-21(13-15)17(22)9-8-14-5-2-1-3-6-14/h4,7,11,14-15H,1-3,5-6,8-10,12-13H2. The first-order valence-electron chi connectivity index (χ1n) is 8.77. The Morgan fingerprint density at radius 1 is 1.30 bits per heavy atom. The molecule has 0 radical (unpaired) electrons. The number of nitrogens with zero attached hydrogens (tertiary/aromatic N) is 2. The summed E-state index contributed by atoms with van der Waals surface area (Å²) in [6, 6.07) is 3.79. The Balaban J connectivity index is 1.43. The average Bonchev–Trinajstić information content (AvgIpc) is 3.04. The summed E-state index contributed by atoms with van der Waals surface area (Å²) in [6.07, 6.45) is 11.1. The van der Waals surface area contributed by atoms with Crippen LogP contribution in [0.15, 0.2) is 22.8 Å². The van der Waals surface area contributed by atoms with Gasteiger partial charge in [0.15, 0.2) is 0 Å². The van der Waals surface area contributed by atoms with Gasteiger partial charge in [-0.25, -0.2) is 4.98 Å². The van der Waals surface area contributed by atoms with Crippen molar-refractivity contribution < 1.29 is 9.53 Å². The van der Waals surface area contributed by atoms with E-state index in [9.17, 15) is 4.79 Å². The van der Waals surface area contributed by atoms with E-state index in [1.54, 1.807) is 6.20 Å². The molecule has 23 heavy (non-hydrogen) atoms. The molecule has 1 unspecified atom stereocenters. The van der Waals surface area contributed by atoms with Crippen molar-refractivity contribution >= 4 is 21.8 Å². The maximum Gasteiger partial charge on any atom is 0.228 e. The number of amides is 1. The molecule has 3 rings (SSSR count). The number of carbonyl (C=O) groups is 1. The van der Waals surface area contributed by atoms with Gasteiger partial charge in [-0.05, 0) is 40.4 Å². The summed E-state index contributed by atoms with van der Waals surface area (Å²) in [5, 5.41) is 0. The van der Waals surface area contributed by atoms with Crippen LogP contribution in [-0.4, -0.2) is 35.0 Å². The Morgan fingerprint density at radius 2 is 2.13 bits per heavy atom. The van der Waals surface area contributed by atoms with Crippen molar-refractivity contribution in [1.29, 1.82) is 0 Å². The van der Waals surface area contributed by atoms with Gasteiger partial charge in [0, 0.05) is 25.6 Å². The number of aromatic nitrogens is 1. The Bertz CT molecular complexity index is 532. The topological polar surface area (TPSA) is 42.4 Å². The number of carbonyl (C=O) groups excluding carboxylic acids is 1. The van der Waals surface area contributed by atoms with Crippen LogP contribution in [0.1, 0.15) is 51.4 Å². The summed E-state index contributed by atoms with van der Waals surface area (Å²) in [5.41, 5.74) is 0. The predicted octanol–water partition coefficient (Wildman–Crippen LogP) is 4.18. The molecule has 0 bridgehead atoms. The van der Waals surface area contributed by atoms with Crippen molar-refractivity contribution in [2.45, 2.75) is 57.5 Å². The lowest BCUT2D eigenvalue weighted by Crippen LogP contribution is -2.31. The fourth-order valence-electron chi connectivity index (χ4n) is 3.63. The maximum absolute atomic E-state index is 12.4. The van der Waals surface area contributed by atoms with Crippen LogP contribution in [0.5, 0.6) is 5.88 Å². The molecule has 1 saturated heterocycles. The average molecular weight is 381 g/mol. The second-order valence-electron chi connectivity index (χ2n) is 6.70. The highest BCUT2D eigenvalue weighted by molar-refractivity contribution is 9.10. The third-order valence-electron chi connectivity index (χ3n) is 4.99. The zero-order valence-corrected chi connectivity index (χ0v) is 15.1. The SMILES string of the molecule is O=C(CCC1CCCCC1)N1CCC(Oc2ncccc2Br)C1. The summed E-state index contributed by atoms with van der Waals surface area (Å²) in [5.74, 6) is 1.68. The molecular formula is C18H25BrN2O2. The number of ether oxygens (including phenoxy) is 1. The highest BCUT2D eigenvalue weighted by atomic mass is 79.9. The molecule has 0 aromatic carbocycles. The molecule has 1 aromatic heterocycles. The van der Waals surface area contributed by atoms with E-state index in [2.05, 4.69) is 20.9 Å². The molecule has 0 N–H and O–H groups in total. The molecule has 1 amide bonds. The molecule has 5 heteroatoms. The van der Waals surface area contributed by atoms with Crippen molar-refractivity contribution in [3.63, 3.8) is 0 Å². The number of hydrogen-bond donors (Lipinski definition) is 0. The number of halogens is 1. The van der Waals surface area contributed by atoms with E-state index >= 15 is 0 Å². The zero-order valence-electron chi connectivity index (χ0n) is 13.5. The van der Waals surface area contributed by atoms with Gasteiger partial charge in [-0.2, -0.15) is 0 Å². The molecule has 1 aromatic rings. The monoisotopic (exact) mass is 380 g/mol. The van der Waals surface area contributed by atoms with E-state index in [-0.39, 0.29) is 6.10 Å². The number of pyridine rings is 1. The summed E-state index contributed by atoms with van der Waals surface area (Å²) >= 11 is 3.45. The largest absolute Gasteiger partial charge is 0.472 e. The minimum atomic E-state index is 0.0554. The second kappa shape index (κ2) is 8.13. The number of likely N-dealkylation sites (tertiary alicyclic amines) is 1. The van der Waals surface area contributed by atoms with Crippen LogP contribution in [0.3, 0.4) is 0 Å². The first-order chi connectivity index (χ1) is 11.2. The third kappa shape index (κ3) is 4.69. The van der Waals surface area contributed by atoms with Crippen molar-refractivity contribution in [2.24, 2.45) is 5.92 Å². The molecule has 1 aliphatic heterocycles.